The van der Waals surface area contributed by atoms with Gasteiger partial charge in [-0.25, -0.2) is 21.6 Å². The van der Waals surface area contributed by atoms with Gasteiger partial charge >= 0.3 is 0 Å². The van der Waals surface area contributed by atoms with Gasteiger partial charge in [0.15, 0.2) is 0 Å². The minimum absolute atomic E-state index is 0.137. The summed E-state index contributed by atoms with van der Waals surface area (Å²) >= 11 is 6.00. The first-order valence-electron chi connectivity index (χ1n) is 10.2. The number of rotatable bonds is 7. The van der Waals surface area contributed by atoms with E-state index in [1.165, 1.54) is 12.1 Å². The molecule has 0 bridgehead atoms. The predicted octanol–water partition coefficient (Wildman–Crippen LogP) is 4.79. The number of hydrogen-bond donors (Lipinski definition) is 1. The Kier molecular flexibility index (Phi) is 6.37. The number of aromatic nitrogens is 1. The second-order valence-corrected chi connectivity index (χ2v) is 12.1. The summed E-state index contributed by atoms with van der Waals surface area (Å²) in [6.45, 7) is 2.07. The Morgan fingerprint density at radius 1 is 0.909 bits per heavy atom. The van der Waals surface area contributed by atoms with Crippen molar-refractivity contribution in [2.24, 2.45) is 0 Å². The number of hydrogen-bond acceptors (Lipinski definition) is 4. The predicted molar refractivity (Wildman–Crippen MR) is 131 cm³/mol. The van der Waals surface area contributed by atoms with Crippen LogP contribution in [0.25, 0.3) is 10.9 Å². The van der Waals surface area contributed by atoms with Crippen LogP contribution in [0, 0.1) is 0 Å². The highest BCUT2D eigenvalue weighted by molar-refractivity contribution is 7.91. The van der Waals surface area contributed by atoms with E-state index in [1.807, 2.05) is 36.4 Å². The number of benzene rings is 3. The summed E-state index contributed by atoms with van der Waals surface area (Å²) in [6, 6.07) is 22.3. The summed E-state index contributed by atoms with van der Waals surface area (Å²) in [4.78, 5) is 0.137. The van der Waals surface area contributed by atoms with Gasteiger partial charge in [0.2, 0.25) is 19.9 Å². The lowest BCUT2D eigenvalue weighted by Crippen LogP contribution is -2.25. The molecule has 0 saturated heterocycles. The lowest BCUT2D eigenvalue weighted by Gasteiger charge is -2.14. The monoisotopic (exact) mass is 502 g/mol. The highest BCUT2D eigenvalue weighted by atomic mass is 35.5. The SMILES string of the molecule is C[C@H](NS(C)(=O)=O)c1ccc(S(=O)(=O)c2cc3ccccc3n2Cc2ccc(Cl)cc2)cc1. The summed E-state index contributed by atoms with van der Waals surface area (Å²) in [7, 11) is -7.22. The number of nitrogens with zero attached hydrogens (tertiary/aromatic N) is 1. The normalized spacial score (nSPS) is 13.3. The highest BCUT2D eigenvalue weighted by Gasteiger charge is 2.24. The van der Waals surface area contributed by atoms with Crippen molar-refractivity contribution in [1.82, 2.24) is 9.29 Å². The maximum absolute atomic E-state index is 13.6. The van der Waals surface area contributed by atoms with Crippen LogP contribution < -0.4 is 4.72 Å². The van der Waals surface area contributed by atoms with Crippen LogP contribution in [0.2, 0.25) is 5.02 Å². The van der Waals surface area contributed by atoms with Crippen molar-refractivity contribution in [3.63, 3.8) is 0 Å². The molecule has 0 spiro atoms. The molecule has 0 saturated carbocycles. The fraction of sp³-hybridized carbons (Fsp3) is 0.167. The van der Waals surface area contributed by atoms with Crippen molar-refractivity contribution in [1.29, 1.82) is 0 Å². The topological polar surface area (TPSA) is 85.2 Å². The fourth-order valence-corrected chi connectivity index (χ4v) is 6.16. The van der Waals surface area contributed by atoms with E-state index in [4.69, 9.17) is 11.6 Å². The fourth-order valence-electron chi connectivity index (χ4n) is 3.79. The lowest BCUT2D eigenvalue weighted by atomic mass is 10.1. The average Bonchev–Trinajstić information content (AvgIpc) is 3.13. The molecule has 4 rings (SSSR count). The third kappa shape index (κ3) is 5.14. The van der Waals surface area contributed by atoms with E-state index in [0.29, 0.717) is 17.1 Å². The number of para-hydroxylation sites is 1. The molecule has 0 aliphatic carbocycles. The second-order valence-electron chi connectivity index (χ2n) is 7.94. The zero-order valence-corrected chi connectivity index (χ0v) is 20.5. The molecule has 1 heterocycles. The Balaban J connectivity index is 1.75. The maximum atomic E-state index is 13.6. The molecule has 0 amide bonds. The smallest absolute Gasteiger partial charge is 0.222 e. The summed E-state index contributed by atoms with van der Waals surface area (Å²) in [5, 5.41) is 1.63. The van der Waals surface area contributed by atoms with Crippen LogP contribution in [0.1, 0.15) is 24.1 Å². The van der Waals surface area contributed by atoms with Crippen molar-refractivity contribution >= 4 is 42.4 Å². The molecule has 1 aromatic heterocycles. The van der Waals surface area contributed by atoms with Crippen LogP contribution in [-0.4, -0.2) is 27.7 Å². The molecule has 9 heteroatoms. The number of fused-ring (bicyclic) bond motifs is 1. The zero-order chi connectivity index (χ0) is 23.8. The van der Waals surface area contributed by atoms with E-state index >= 15 is 0 Å². The van der Waals surface area contributed by atoms with Crippen LogP contribution in [0.5, 0.6) is 0 Å². The van der Waals surface area contributed by atoms with Gasteiger partial charge < -0.3 is 4.57 Å². The summed E-state index contributed by atoms with van der Waals surface area (Å²) < 4.78 is 54.5. The second kappa shape index (κ2) is 8.95. The van der Waals surface area contributed by atoms with E-state index in [2.05, 4.69) is 4.72 Å². The first-order valence-corrected chi connectivity index (χ1v) is 13.9. The average molecular weight is 503 g/mol. The lowest BCUT2D eigenvalue weighted by molar-refractivity contribution is 0.572. The van der Waals surface area contributed by atoms with Crippen LogP contribution in [-0.2, 0) is 26.4 Å². The summed E-state index contributed by atoms with van der Waals surface area (Å²) in [5.74, 6) is 0. The molecule has 0 unspecified atom stereocenters. The summed E-state index contributed by atoms with van der Waals surface area (Å²) in [5.41, 5.74) is 2.41. The number of nitrogens with one attached hydrogen (secondary N) is 1. The van der Waals surface area contributed by atoms with Gasteiger partial charge in [-0.15, -0.1) is 0 Å². The first kappa shape index (κ1) is 23.5. The molecule has 6 nitrogen and oxygen atoms in total. The van der Waals surface area contributed by atoms with E-state index < -0.39 is 25.9 Å². The molecular formula is C24H23ClN2O4S2. The van der Waals surface area contributed by atoms with Crippen molar-refractivity contribution in [2.75, 3.05) is 6.26 Å². The van der Waals surface area contributed by atoms with Gasteiger partial charge in [0.05, 0.1) is 11.2 Å². The first-order chi connectivity index (χ1) is 15.5. The highest BCUT2D eigenvalue weighted by Crippen LogP contribution is 2.30. The largest absolute Gasteiger partial charge is 0.327 e. The minimum Gasteiger partial charge on any atom is -0.327 e. The van der Waals surface area contributed by atoms with Crippen LogP contribution in [0.15, 0.2) is 88.8 Å². The number of halogens is 1. The quantitative estimate of drug-likeness (QED) is 0.394. The van der Waals surface area contributed by atoms with Gasteiger partial charge in [-0.1, -0.05) is 54.1 Å². The molecule has 4 aromatic rings. The third-order valence-electron chi connectivity index (χ3n) is 5.38. The van der Waals surface area contributed by atoms with Gasteiger partial charge in [-0.2, -0.15) is 0 Å². The van der Waals surface area contributed by atoms with Crippen LogP contribution >= 0.6 is 11.6 Å². The van der Waals surface area contributed by atoms with Gasteiger partial charge in [-0.05, 0) is 54.4 Å². The van der Waals surface area contributed by atoms with E-state index in [0.717, 1.165) is 22.7 Å². The van der Waals surface area contributed by atoms with Crippen LogP contribution in [0.3, 0.4) is 0 Å². The Bertz CT molecular complexity index is 1510. The molecule has 0 fully saturated rings. The molecule has 0 aliphatic heterocycles. The molecule has 0 aliphatic rings. The third-order valence-corrected chi connectivity index (χ3v) is 8.20. The molecular weight excluding hydrogens is 480 g/mol. The van der Waals surface area contributed by atoms with Gasteiger partial charge in [0.25, 0.3) is 0 Å². The Morgan fingerprint density at radius 2 is 1.55 bits per heavy atom. The molecule has 1 N–H and O–H groups in total. The molecule has 1 atom stereocenters. The van der Waals surface area contributed by atoms with E-state index in [-0.39, 0.29) is 9.92 Å². The molecule has 0 radical (unpaired) electrons. The molecule has 3 aromatic carbocycles. The minimum atomic E-state index is -3.84. The Labute approximate surface area is 198 Å². The van der Waals surface area contributed by atoms with Crippen molar-refractivity contribution < 1.29 is 16.8 Å². The Hall–Kier alpha value is -2.65. The van der Waals surface area contributed by atoms with Crippen molar-refractivity contribution in [3.8, 4) is 0 Å². The standard InChI is InChI=1S/C24H23ClN2O4S2/c1-17(26-32(2,28)29)19-9-13-22(14-10-19)33(30,31)24-15-20-5-3-4-6-23(20)27(24)16-18-7-11-21(25)12-8-18/h3-15,17,26H,16H2,1-2H3/t17-/m0/s1. The van der Waals surface area contributed by atoms with Gasteiger partial charge in [0, 0.05) is 28.5 Å². The molecule has 172 valence electrons. The van der Waals surface area contributed by atoms with Crippen LogP contribution in [0.4, 0.5) is 0 Å². The Morgan fingerprint density at radius 3 is 2.18 bits per heavy atom. The van der Waals surface area contributed by atoms with Gasteiger partial charge in [-0.3, -0.25) is 0 Å². The van der Waals surface area contributed by atoms with Gasteiger partial charge in [0.1, 0.15) is 5.03 Å². The molecule has 33 heavy (non-hydrogen) atoms. The zero-order valence-electron chi connectivity index (χ0n) is 18.1. The maximum Gasteiger partial charge on any atom is 0.222 e. The van der Waals surface area contributed by atoms with E-state index in [1.54, 1.807) is 41.8 Å². The van der Waals surface area contributed by atoms with Crippen molar-refractivity contribution in [2.45, 2.75) is 29.4 Å². The number of sulfonamides is 1. The van der Waals surface area contributed by atoms with Crippen molar-refractivity contribution in [3.05, 3.63) is 95.0 Å². The number of sulfone groups is 1. The van der Waals surface area contributed by atoms with E-state index in [9.17, 15) is 16.8 Å². The summed E-state index contributed by atoms with van der Waals surface area (Å²) in [6.07, 6.45) is 1.09.